The van der Waals surface area contributed by atoms with E-state index in [9.17, 15) is 4.79 Å². The van der Waals surface area contributed by atoms with E-state index in [0.717, 1.165) is 35.3 Å². The predicted molar refractivity (Wildman–Crippen MR) is 83.9 cm³/mol. The van der Waals surface area contributed by atoms with Crippen molar-refractivity contribution in [1.82, 2.24) is 0 Å². The molecular weight excluding hydrogens is 260 g/mol. The second kappa shape index (κ2) is 5.36. The first-order valence-corrected chi connectivity index (χ1v) is 7.58. The zero-order valence-corrected chi connectivity index (χ0v) is 12.8. The van der Waals surface area contributed by atoms with Crippen LogP contribution in [0.25, 0.3) is 0 Å². The van der Waals surface area contributed by atoms with Crippen molar-refractivity contribution in [1.29, 1.82) is 0 Å². The molecule has 108 valence electrons. The van der Waals surface area contributed by atoms with Gasteiger partial charge < -0.3 is 4.74 Å². The molecule has 0 amide bonds. The zero-order chi connectivity index (χ0) is 15.0. The van der Waals surface area contributed by atoms with Crippen LogP contribution in [0.1, 0.15) is 47.6 Å². The van der Waals surface area contributed by atoms with E-state index < -0.39 is 0 Å². The summed E-state index contributed by atoms with van der Waals surface area (Å²) in [5, 5.41) is 0. The van der Waals surface area contributed by atoms with Gasteiger partial charge >= 0.3 is 5.97 Å². The molecule has 1 atom stereocenters. The summed E-state index contributed by atoms with van der Waals surface area (Å²) in [4.78, 5) is 12.3. The van der Waals surface area contributed by atoms with Crippen LogP contribution in [0.4, 0.5) is 0 Å². The Balaban J connectivity index is 2.10. The van der Waals surface area contributed by atoms with Gasteiger partial charge in [0.25, 0.3) is 0 Å². The summed E-state index contributed by atoms with van der Waals surface area (Å²) < 4.78 is 5.50. The summed E-state index contributed by atoms with van der Waals surface area (Å²) in [7, 11) is 0. The molecule has 0 aliphatic carbocycles. The third kappa shape index (κ3) is 2.25. The molecule has 0 spiro atoms. The molecule has 1 aliphatic rings. The number of carbonyl (C=O) groups excluding carboxylic acids is 1. The van der Waals surface area contributed by atoms with Crippen LogP contribution in [0.5, 0.6) is 5.75 Å². The fourth-order valence-electron chi connectivity index (χ4n) is 3.14. The van der Waals surface area contributed by atoms with Crippen LogP contribution in [-0.2, 0) is 17.6 Å². The van der Waals surface area contributed by atoms with E-state index >= 15 is 0 Å². The lowest BCUT2D eigenvalue weighted by Gasteiger charge is -2.12. The first-order chi connectivity index (χ1) is 10.2. The number of para-hydroxylation sites is 1. The largest absolute Gasteiger partial charge is 0.425 e. The van der Waals surface area contributed by atoms with Gasteiger partial charge in [-0.15, -0.1) is 0 Å². The van der Waals surface area contributed by atoms with Gasteiger partial charge in [-0.1, -0.05) is 50.2 Å². The number of hydrogen-bond acceptors (Lipinski definition) is 2. The molecule has 0 aromatic heterocycles. The SMILES string of the molecule is CCc1ccc(C2C(=O)Oc3c(C)cccc32)cc1CC. The van der Waals surface area contributed by atoms with Gasteiger partial charge in [-0.05, 0) is 42.0 Å². The highest BCUT2D eigenvalue weighted by atomic mass is 16.5. The summed E-state index contributed by atoms with van der Waals surface area (Å²) in [6.07, 6.45) is 2.01. The molecule has 21 heavy (non-hydrogen) atoms. The second-order valence-corrected chi connectivity index (χ2v) is 5.58. The highest BCUT2D eigenvalue weighted by Crippen LogP contribution is 2.41. The first kappa shape index (κ1) is 13.9. The number of rotatable bonds is 3. The van der Waals surface area contributed by atoms with Crippen LogP contribution < -0.4 is 4.74 Å². The van der Waals surface area contributed by atoms with Gasteiger partial charge in [-0.25, -0.2) is 0 Å². The number of aryl methyl sites for hydroxylation is 3. The lowest BCUT2D eigenvalue weighted by atomic mass is 9.88. The van der Waals surface area contributed by atoms with E-state index in [0.29, 0.717) is 0 Å². The average molecular weight is 280 g/mol. The van der Waals surface area contributed by atoms with E-state index in [2.05, 4.69) is 32.0 Å². The van der Waals surface area contributed by atoms with Crippen molar-refractivity contribution in [3.63, 3.8) is 0 Å². The summed E-state index contributed by atoms with van der Waals surface area (Å²) >= 11 is 0. The summed E-state index contributed by atoms with van der Waals surface area (Å²) in [5.74, 6) is 0.298. The first-order valence-electron chi connectivity index (χ1n) is 7.58. The van der Waals surface area contributed by atoms with Gasteiger partial charge in [-0.2, -0.15) is 0 Å². The molecule has 1 aliphatic heterocycles. The van der Waals surface area contributed by atoms with Crippen LogP contribution in [0.2, 0.25) is 0 Å². The van der Waals surface area contributed by atoms with Gasteiger partial charge in [0.05, 0.1) is 0 Å². The molecule has 1 heterocycles. The van der Waals surface area contributed by atoms with E-state index in [1.807, 2.05) is 25.1 Å². The minimum absolute atomic E-state index is 0.161. The second-order valence-electron chi connectivity index (χ2n) is 5.58. The van der Waals surface area contributed by atoms with Crippen molar-refractivity contribution >= 4 is 5.97 Å². The molecule has 0 saturated carbocycles. The summed E-state index contributed by atoms with van der Waals surface area (Å²) in [6, 6.07) is 12.4. The third-order valence-corrected chi connectivity index (χ3v) is 4.32. The Hall–Kier alpha value is -2.09. The van der Waals surface area contributed by atoms with Gasteiger partial charge in [0.15, 0.2) is 0 Å². The lowest BCUT2D eigenvalue weighted by molar-refractivity contribution is -0.133. The Morgan fingerprint density at radius 3 is 2.52 bits per heavy atom. The van der Waals surface area contributed by atoms with E-state index in [-0.39, 0.29) is 11.9 Å². The van der Waals surface area contributed by atoms with Crippen LogP contribution in [0.15, 0.2) is 36.4 Å². The average Bonchev–Trinajstić information content (AvgIpc) is 2.84. The molecule has 3 rings (SSSR count). The maximum Gasteiger partial charge on any atom is 0.323 e. The molecule has 2 aromatic rings. The number of ether oxygens (including phenoxy) is 1. The Kier molecular flexibility index (Phi) is 3.54. The molecular formula is C19H20O2. The highest BCUT2D eigenvalue weighted by molar-refractivity contribution is 5.90. The third-order valence-electron chi connectivity index (χ3n) is 4.32. The van der Waals surface area contributed by atoms with Gasteiger partial charge in [0.2, 0.25) is 0 Å². The lowest BCUT2D eigenvalue weighted by Crippen LogP contribution is -2.12. The van der Waals surface area contributed by atoms with Crippen molar-refractivity contribution in [2.24, 2.45) is 0 Å². The van der Waals surface area contributed by atoms with E-state index in [1.54, 1.807) is 0 Å². The molecule has 2 aromatic carbocycles. The fourth-order valence-corrected chi connectivity index (χ4v) is 3.14. The molecule has 0 radical (unpaired) electrons. The van der Waals surface area contributed by atoms with Gasteiger partial charge in [0, 0.05) is 5.56 Å². The molecule has 2 heteroatoms. The van der Waals surface area contributed by atoms with E-state index in [4.69, 9.17) is 4.74 Å². The quantitative estimate of drug-likeness (QED) is 0.623. The minimum atomic E-state index is -0.281. The van der Waals surface area contributed by atoms with E-state index in [1.165, 1.54) is 11.1 Å². The highest BCUT2D eigenvalue weighted by Gasteiger charge is 2.35. The van der Waals surface area contributed by atoms with Crippen molar-refractivity contribution in [3.8, 4) is 5.75 Å². The normalized spacial score (nSPS) is 16.7. The van der Waals surface area contributed by atoms with Crippen molar-refractivity contribution in [2.75, 3.05) is 0 Å². The van der Waals surface area contributed by atoms with Crippen LogP contribution in [0, 0.1) is 6.92 Å². The molecule has 2 nitrogen and oxygen atoms in total. The Morgan fingerprint density at radius 1 is 1.05 bits per heavy atom. The molecule has 0 fully saturated rings. The monoisotopic (exact) mass is 280 g/mol. The van der Waals surface area contributed by atoms with Crippen molar-refractivity contribution in [3.05, 3.63) is 64.2 Å². The Labute approximate surface area is 125 Å². The molecule has 0 N–H and O–H groups in total. The fraction of sp³-hybridized carbons (Fsp3) is 0.316. The maximum atomic E-state index is 12.3. The van der Waals surface area contributed by atoms with Crippen LogP contribution in [-0.4, -0.2) is 5.97 Å². The zero-order valence-electron chi connectivity index (χ0n) is 12.8. The Morgan fingerprint density at radius 2 is 1.81 bits per heavy atom. The standard InChI is InChI=1S/C19H20O2/c1-4-13-9-10-15(11-14(13)5-2)17-16-8-6-7-12(3)18(16)21-19(17)20/h6-11,17H,4-5H2,1-3H3. The van der Waals surface area contributed by atoms with Crippen molar-refractivity contribution < 1.29 is 9.53 Å². The van der Waals surface area contributed by atoms with Crippen LogP contribution >= 0.6 is 0 Å². The molecule has 0 bridgehead atoms. The number of esters is 1. The van der Waals surface area contributed by atoms with Crippen molar-refractivity contribution in [2.45, 2.75) is 39.5 Å². The number of carbonyl (C=O) groups is 1. The van der Waals surface area contributed by atoms with Crippen LogP contribution in [0.3, 0.4) is 0 Å². The maximum absolute atomic E-state index is 12.3. The summed E-state index contributed by atoms with van der Waals surface area (Å²) in [5.41, 5.74) is 5.73. The number of benzene rings is 2. The summed E-state index contributed by atoms with van der Waals surface area (Å²) in [6.45, 7) is 6.30. The van der Waals surface area contributed by atoms with Gasteiger partial charge in [0.1, 0.15) is 11.7 Å². The van der Waals surface area contributed by atoms with Gasteiger partial charge in [-0.3, -0.25) is 4.79 Å². The minimum Gasteiger partial charge on any atom is -0.425 e. The number of hydrogen-bond donors (Lipinski definition) is 0. The smallest absolute Gasteiger partial charge is 0.323 e. The molecule has 0 saturated heterocycles. The molecule has 1 unspecified atom stereocenters. The topological polar surface area (TPSA) is 26.3 Å². The Bertz CT molecular complexity index is 701. The number of fused-ring (bicyclic) bond motifs is 1. The predicted octanol–water partition coefficient (Wildman–Crippen LogP) is 4.17.